The van der Waals surface area contributed by atoms with E-state index in [0.29, 0.717) is 24.6 Å². The van der Waals surface area contributed by atoms with Gasteiger partial charge in [-0.15, -0.1) is 0 Å². The number of carboxylic acids is 1. The minimum Gasteiger partial charge on any atom is -0.480 e. The van der Waals surface area contributed by atoms with Gasteiger partial charge >= 0.3 is 5.97 Å². The van der Waals surface area contributed by atoms with E-state index in [1.165, 1.54) is 55.9 Å². The van der Waals surface area contributed by atoms with E-state index in [9.17, 15) is 22.8 Å². The number of aryl methyl sites for hydroxylation is 1. The lowest BCUT2D eigenvalue weighted by molar-refractivity contribution is -0.138. The zero-order valence-electron chi connectivity index (χ0n) is 24.9. The van der Waals surface area contributed by atoms with E-state index in [-0.39, 0.29) is 38.5 Å². The zero-order valence-corrected chi connectivity index (χ0v) is 27.3. The molecule has 0 spiro atoms. The van der Waals surface area contributed by atoms with Crippen molar-refractivity contribution in [2.24, 2.45) is 5.73 Å². The van der Waals surface area contributed by atoms with Crippen molar-refractivity contribution in [3.63, 3.8) is 0 Å². The van der Waals surface area contributed by atoms with Gasteiger partial charge in [0, 0.05) is 30.7 Å². The first-order valence-corrected chi connectivity index (χ1v) is 16.5. The number of nitrogens with zero attached hydrogens (tertiary/aromatic N) is 3. The van der Waals surface area contributed by atoms with Gasteiger partial charge in [0.05, 0.1) is 32.1 Å². The van der Waals surface area contributed by atoms with Gasteiger partial charge in [-0.3, -0.25) is 19.4 Å². The summed E-state index contributed by atoms with van der Waals surface area (Å²) in [6, 6.07) is 14.5. The maximum absolute atomic E-state index is 12.7. The Morgan fingerprint density at radius 1 is 1.07 bits per heavy atom. The van der Waals surface area contributed by atoms with Crippen LogP contribution in [0.4, 0.5) is 5.69 Å². The van der Waals surface area contributed by atoms with Gasteiger partial charge in [-0.05, 0) is 62.9 Å². The van der Waals surface area contributed by atoms with Crippen LogP contribution >= 0.6 is 23.2 Å². The lowest BCUT2D eigenvalue weighted by Crippen LogP contribution is -2.46. The lowest BCUT2D eigenvalue weighted by Gasteiger charge is -2.23. The number of aromatic nitrogens is 1. The molecule has 2 fully saturated rings. The molecule has 0 bridgehead atoms. The van der Waals surface area contributed by atoms with E-state index in [4.69, 9.17) is 39.3 Å². The molecule has 1 atom stereocenters. The second-order valence-corrected chi connectivity index (χ2v) is 13.2. The molecule has 0 radical (unpaired) electrons. The molecule has 46 heavy (non-hydrogen) atoms. The van der Waals surface area contributed by atoms with Crippen LogP contribution in [0.5, 0.6) is 0 Å². The number of pyridine rings is 1. The smallest absolute Gasteiger partial charge is 0.322 e. The monoisotopic (exact) mass is 688 g/mol. The first-order chi connectivity index (χ1) is 21.8. The van der Waals surface area contributed by atoms with Crippen LogP contribution in [-0.2, 0) is 19.6 Å². The number of carboxylic acid groups (broad SMARTS) is 1. The Bertz CT molecular complexity index is 1670. The number of aliphatic carboxylic acids is 1. The number of nitriles is 1. The summed E-state index contributed by atoms with van der Waals surface area (Å²) in [6.07, 6.45) is 7.49. The number of carbonyl (C=O) groups excluding carboxylic acids is 2. The standard InChI is InChI=1S/C14H15N3O5S.C13H10Cl2N2O.C4H9N/c15-8-10-3-1-4-11(7-10)23(21,22)17-6-2-5-12(17)14(20)16-9-13(18)19;1-8-2-4-9(5-3-8)17-13(18)12-10(14)6-16-7-11(12)15;5-4-2-1-3-4/h1,3-4,7,12H,2,5-6,9H2,(H,16,20)(H,18,19);2-7H,1H3,(H,17,18);4H,1-3,5H2. The number of benzene rings is 2. The number of nitrogens with two attached hydrogens (primary N) is 1. The average molecular weight is 690 g/mol. The minimum atomic E-state index is -3.93. The van der Waals surface area contributed by atoms with E-state index in [1.54, 1.807) is 0 Å². The fourth-order valence-electron chi connectivity index (χ4n) is 4.33. The van der Waals surface area contributed by atoms with Crippen molar-refractivity contribution in [3.05, 3.63) is 87.7 Å². The first kappa shape index (κ1) is 36.4. The van der Waals surface area contributed by atoms with Gasteiger partial charge in [-0.25, -0.2) is 8.42 Å². The summed E-state index contributed by atoms with van der Waals surface area (Å²) in [5.41, 5.74) is 7.62. The molecule has 15 heteroatoms. The summed E-state index contributed by atoms with van der Waals surface area (Å²) >= 11 is 11.8. The quantitative estimate of drug-likeness (QED) is 0.279. The highest BCUT2D eigenvalue weighted by Gasteiger charge is 2.39. The molecule has 12 nitrogen and oxygen atoms in total. The molecule has 2 aromatic carbocycles. The summed E-state index contributed by atoms with van der Waals surface area (Å²) in [7, 11) is -3.93. The van der Waals surface area contributed by atoms with Crippen molar-refractivity contribution in [1.82, 2.24) is 14.6 Å². The second-order valence-electron chi connectivity index (χ2n) is 10.5. The number of anilines is 1. The van der Waals surface area contributed by atoms with E-state index >= 15 is 0 Å². The molecule has 2 amide bonds. The Labute approximate surface area is 277 Å². The summed E-state index contributed by atoms with van der Waals surface area (Å²) in [5, 5.41) is 22.9. The van der Waals surface area contributed by atoms with Gasteiger partial charge in [-0.1, -0.05) is 53.4 Å². The molecule has 1 saturated carbocycles. The van der Waals surface area contributed by atoms with Gasteiger partial charge in [0.2, 0.25) is 15.9 Å². The molecule has 244 valence electrons. The largest absolute Gasteiger partial charge is 0.480 e. The number of hydrogen-bond donors (Lipinski definition) is 4. The van der Waals surface area contributed by atoms with Crippen molar-refractivity contribution < 1.29 is 27.9 Å². The van der Waals surface area contributed by atoms with Crippen molar-refractivity contribution in [1.29, 1.82) is 5.26 Å². The predicted molar refractivity (Wildman–Crippen MR) is 174 cm³/mol. The highest BCUT2D eigenvalue weighted by molar-refractivity contribution is 7.89. The molecular formula is C31H34Cl2N6O6S. The maximum Gasteiger partial charge on any atom is 0.322 e. The van der Waals surface area contributed by atoms with Crippen LogP contribution in [0, 0.1) is 18.3 Å². The Kier molecular flexibility index (Phi) is 13.5. The van der Waals surface area contributed by atoms with Gasteiger partial charge in [-0.2, -0.15) is 9.57 Å². The Balaban J connectivity index is 0.000000221. The van der Waals surface area contributed by atoms with Gasteiger partial charge < -0.3 is 21.5 Å². The van der Waals surface area contributed by atoms with Crippen LogP contribution in [0.2, 0.25) is 10.0 Å². The van der Waals surface area contributed by atoms with Crippen LogP contribution in [0.25, 0.3) is 0 Å². The van der Waals surface area contributed by atoms with E-state index in [2.05, 4.69) is 15.6 Å². The number of nitrogens with one attached hydrogen (secondary N) is 2. The van der Waals surface area contributed by atoms with Gasteiger partial charge in [0.25, 0.3) is 5.91 Å². The van der Waals surface area contributed by atoms with Gasteiger partial charge in [0.1, 0.15) is 12.6 Å². The molecule has 1 saturated heterocycles. The van der Waals surface area contributed by atoms with E-state index in [0.717, 1.165) is 9.87 Å². The molecule has 5 N–H and O–H groups in total. The topological polar surface area (TPSA) is 196 Å². The van der Waals surface area contributed by atoms with E-state index < -0.39 is 34.5 Å². The summed E-state index contributed by atoms with van der Waals surface area (Å²) in [6.45, 7) is 1.58. The highest BCUT2D eigenvalue weighted by Crippen LogP contribution is 2.27. The van der Waals surface area contributed by atoms with Crippen LogP contribution in [-0.4, -0.2) is 65.8 Å². The van der Waals surface area contributed by atoms with Gasteiger partial charge in [0.15, 0.2) is 0 Å². The summed E-state index contributed by atoms with van der Waals surface area (Å²) < 4.78 is 26.4. The zero-order chi connectivity index (χ0) is 33.9. The van der Waals surface area contributed by atoms with Crippen LogP contribution < -0.4 is 16.4 Å². The van der Waals surface area contributed by atoms with Crippen molar-refractivity contribution in [2.75, 3.05) is 18.4 Å². The molecule has 1 unspecified atom stereocenters. The number of carbonyl (C=O) groups is 3. The third kappa shape index (κ3) is 10.2. The van der Waals surface area contributed by atoms with Crippen LogP contribution in [0.15, 0.2) is 65.8 Å². The molecule has 1 aliphatic heterocycles. The molecule has 3 aromatic rings. The number of rotatable bonds is 7. The Hall–Kier alpha value is -4.06. The molecule has 1 aliphatic carbocycles. The normalized spacial score (nSPS) is 15.9. The van der Waals surface area contributed by atoms with Crippen LogP contribution in [0.1, 0.15) is 53.6 Å². The molecule has 5 rings (SSSR count). The number of amides is 2. The molecule has 2 heterocycles. The summed E-state index contributed by atoms with van der Waals surface area (Å²) in [5.74, 6) is -2.19. The van der Waals surface area contributed by atoms with Crippen molar-refractivity contribution >= 4 is 56.7 Å². The average Bonchev–Trinajstić information content (AvgIpc) is 3.52. The minimum absolute atomic E-state index is 0.0607. The number of hydrogen-bond acceptors (Lipinski definition) is 8. The van der Waals surface area contributed by atoms with E-state index in [1.807, 2.05) is 37.3 Å². The Morgan fingerprint density at radius 2 is 1.70 bits per heavy atom. The molecule has 1 aromatic heterocycles. The Morgan fingerprint density at radius 3 is 2.24 bits per heavy atom. The number of halogens is 2. The fraction of sp³-hybridized carbons (Fsp3) is 0.323. The highest BCUT2D eigenvalue weighted by atomic mass is 35.5. The third-order valence-corrected chi connectivity index (χ3v) is 9.51. The number of sulfonamides is 1. The lowest BCUT2D eigenvalue weighted by atomic mass is 9.95. The third-order valence-electron chi connectivity index (χ3n) is 7.03. The molecular weight excluding hydrogens is 655 g/mol. The van der Waals surface area contributed by atoms with Crippen LogP contribution in [0.3, 0.4) is 0 Å². The SMILES string of the molecule is Cc1ccc(NC(=O)c2c(Cl)cncc2Cl)cc1.N#Cc1cccc(S(=O)(=O)N2CCCC2C(=O)NCC(=O)O)c1.NC1CCC1. The maximum atomic E-state index is 12.7. The predicted octanol–water partition coefficient (Wildman–Crippen LogP) is 4.36. The molecule has 2 aliphatic rings. The summed E-state index contributed by atoms with van der Waals surface area (Å²) in [4.78, 5) is 38.3. The second kappa shape index (κ2) is 17.0. The fourth-order valence-corrected chi connectivity index (χ4v) is 6.57. The van der Waals surface area contributed by atoms with Crippen molar-refractivity contribution in [2.45, 2.75) is 56.0 Å². The van der Waals surface area contributed by atoms with Crippen molar-refractivity contribution in [3.8, 4) is 6.07 Å². The first-order valence-electron chi connectivity index (χ1n) is 14.3.